The Morgan fingerprint density at radius 2 is 0.925 bits per heavy atom. The van der Waals surface area contributed by atoms with E-state index in [9.17, 15) is 0 Å². The van der Waals surface area contributed by atoms with Crippen LogP contribution in [0.25, 0.3) is 87.7 Å². The molecule has 0 amide bonds. The van der Waals surface area contributed by atoms with Crippen molar-refractivity contribution in [3.63, 3.8) is 0 Å². The Labute approximate surface area is 305 Å². The molecule has 3 nitrogen and oxygen atoms in total. The lowest BCUT2D eigenvalue weighted by Gasteiger charge is -2.26. The van der Waals surface area contributed by atoms with E-state index in [0.717, 1.165) is 88.6 Å². The Bertz CT molecular complexity index is 3150. The zero-order valence-corrected chi connectivity index (χ0v) is 28.7. The maximum Gasteiger partial charge on any atom is 0.143 e. The first-order valence-electron chi connectivity index (χ1n) is 18.0. The minimum Gasteiger partial charge on any atom is -0.456 e. The molecule has 0 saturated carbocycles. The molecule has 11 aromatic rings. The lowest BCUT2D eigenvalue weighted by atomic mass is 9.98. The van der Waals surface area contributed by atoms with E-state index in [2.05, 4.69) is 181 Å². The van der Waals surface area contributed by atoms with Crippen molar-refractivity contribution in [1.82, 2.24) is 0 Å². The van der Waals surface area contributed by atoms with E-state index in [4.69, 9.17) is 8.83 Å². The molecular weight excluding hydrogens is 647 g/mol. The molecule has 0 unspecified atom stereocenters. The first-order valence-corrected chi connectivity index (χ1v) is 18.0. The van der Waals surface area contributed by atoms with Crippen LogP contribution in [0.1, 0.15) is 0 Å². The number of furan rings is 2. The van der Waals surface area contributed by atoms with Crippen molar-refractivity contribution in [2.75, 3.05) is 4.90 Å². The summed E-state index contributed by atoms with van der Waals surface area (Å²) in [7, 11) is 0. The van der Waals surface area contributed by atoms with Gasteiger partial charge in [-0.1, -0.05) is 127 Å². The van der Waals surface area contributed by atoms with Gasteiger partial charge in [-0.15, -0.1) is 0 Å². The molecule has 0 N–H and O–H groups in total. The maximum absolute atomic E-state index is 6.85. The summed E-state index contributed by atoms with van der Waals surface area (Å²) in [5.74, 6) is 0. The van der Waals surface area contributed by atoms with E-state index >= 15 is 0 Å². The smallest absolute Gasteiger partial charge is 0.143 e. The van der Waals surface area contributed by atoms with Crippen molar-refractivity contribution in [3.05, 3.63) is 188 Å². The normalized spacial score (nSPS) is 11.8. The summed E-state index contributed by atoms with van der Waals surface area (Å²) in [6.45, 7) is 0. The Morgan fingerprint density at radius 3 is 1.75 bits per heavy atom. The summed E-state index contributed by atoms with van der Waals surface area (Å²) in [5, 5.41) is 9.31. The van der Waals surface area contributed by atoms with Gasteiger partial charge in [0.1, 0.15) is 22.3 Å². The number of hydrogen-bond donors (Lipinski definition) is 0. The van der Waals surface area contributed by atoms with E-state index < -0.39 is 0 Å². The number of fused-ring (bicyclic) bond motifs is 10. The third-order valence-electron chi connectivity index (χ3n) is 10.7. The zero-order valence-electron chi connectivity index (χ0n) is 28.7. The number of hydrogen-bond acceptors (Lipinski definition) is 3. The van der Waals surface area contributed by atoms with Crippen LogP contribution in [0.5, 0.6) is 0 Å². The van der Waals surface area contributed by atoms with Gasteiger partial charge in [0, 0.05) is 49.6 Å². The van der Waals surface area contributed by atoms with Crippen LogP contribution in [-0.2, 0) is 0 Å². The van der Waals surface area contributed by atoms with Gasteiger partial charge in [0.05, 0.1) is 0 Å². The van der Waals surface area contributed by atoms with Crippen molar-refractivity contribution in [2.45, 2.75) is 0 Å². The number of rotatable bonds is 5. The van der Waals surface area contributed by atoms with E-state index in [-0.39, 0.29) is 0 Å². The highest BCUT2D eigenvalue weighted by Gasteiger charge is 2.18. The Morgan fingerprint density at radius 1 is 0.321 bits per heavy atom. The molecule has 0 bridgehead atoms. The second kappa shape index (κ2) is 11.7. The lowest BCUT2D eigenvalue weighted by Crippen LogP contribution is -2.09. The molecule has 0 saturated heterocycles. The predicted molar refractivity (Wildman–Crippen MR) is 222 cm³/mol. The van der Waals surface area contributed by atoms with Crippen LogP contribution < -0.4 is 4.90 Å². The Kier molecular flexibility index (Phi) is 6.55. The minimum absolute atomic E-state index is 0.906. The standard InChI is InChI=1S/C50H31NO2/c1-2-10-37(11-3-1)51(38-25-19-32(20-26-38)36-24-30-47-45(31-36)42-13-6-7-16-46(42)52-47)39-27-21-34(22-28-39)41-14-8-15-43-44-29-23-35-18-17-33-9-4-5-12-40(33)48(35)50(44)53-49(41)43/h1-31H. The van der Waals surface area contributed by atoms with Gasteiger partial charge in [0.15, 0.2) is 0 Å². The molecule has 0 aliphatic rings. The molecule has 0 fully saturated rings. The highest BCUT2D eigenvalue weighted by molar-refractivity contribution is 6.24. The molecule has 11 rings (SSSR count). The third kappa shape index (κ3) is 4.75. The first-order chi connectivity index (χ1) is 26.3. The van der Waals surface area contributed by atoms with Crippen LogP contribution in [0.2, 0.25) is 0 Å². The summed E-state index contributed by atoms with van der Waals surface area (Å²) in [6.07, 6.45) is 0. The second-order valence-corrected chi connectivity index (χ2v) is 13.7. The highest BCUT2D eigenvalue weighted by Crippen LogP contribution is 2.42. The Hall–Kier alpha value is -7.10. The van der Waals surface area contributed by atoms with Crippen LogP contribution in [0.4, 0.5) is 17.1 Å². The van der Waals surface area contributed by atoms with Crippen molar-refractivity contribution in [3.8, 4) is 22.3 Å². The number of anilines is 3. The predicted octanol–water partition coefficient (Wildman–Crippen LogP) is 14.6. The van der Waals surface area contributed by atoms with Gasteiger partial charge < -0.3 is 13.7 Å². The summed E-state index contributed by atoms with van der Waals surface area (Å²) >= 11 is 0. The number of para-hydroxylation sites is 3. The fourth-order valence-electron chi connectivity index (χ4n) is 8.09. The highest BCUT2D eigenvalue weighted by atomic mass is 16.3. The molecule has 2 aromatic heterocycles. The molecule has 0 spiro atoms. The summed E-state index contributed by atoms with van der Waals surface area (Å²) < 4.78 is 12.9. The molecular formula is C50H31NO2. The van der Waals surface area contributed by atoms with Crippen molar-refractivity contribution in [1.29, 1.82) is 0 Å². The van der Waals surface area contributed by atoms with Gasteiger partial charge in [-0.05, 0) is 93.5 Å². The quantitative estimate of drug-likeness (QED) is 0.170. The molecule has 0 radical (unpaired) electrons. The van der Waals surface area contributed by atoms with Crippen molar-refractivity contribution < 1.29 is 8.83 Å². The molecule has 0 atom stereocenters. The monoisotopic (exact) mass is 677 g/mol. The molecule has 2 heterocycles. The largest absolute Gasteiger partial charge is 0.456 e. The summed E-state index contributed by atoms with van der Waals surface area (Å²) in [4.78, 5) is 2.30. The molecule has 248 valence electrons. The van der Waals surface area contributed by atoms with E-state index in [1.54, 1.807) is 0 Å². The molecule has 0 aliphatic heterocycles. The summed E-state index contributed by atoms with van der Waals surface area (Å²) in [6, 6.07) is 66.7. The van der Waals surface area contributed by atoms with Crippen LogP contribution in [0, 0.1) is 0 Å². The van der Waals surface area contributed by atoms with Crippen LogP contribution >= 0.6 is 0 Å². The molecule has 9 aromatic carbocycles. The van der Waals surface area contributed by atoms with Crippen LogP contribution in [0.3, 0.4) is 0 Å². The lowest BCUT2D eigenvalue weighted by molar-refractivity contribution is 0.669. The third-order valence-corrected chi connectivity index (χ3v) is 10.7. The maximum atomic E-state index is 6.85. The van der Waals surface area contributed by atoms with E-state index in [1.807, 2.05) is 12.1 Å². The van der Waals surface area contributed by atoms with Gasteiger partial charge in [-0.25, -0.2) is 0 Å². The minimum atomic E-state index is 0.906. The molecule has 3 heteroatoms. The van der Waals surface area contributed by atoms with E-state index in [0.29, 0.717) is 0 Å². The van der Waals surface area contributed by atoms with E-state index in [1.165, 1.54) is 16.2 Å². The van der Waals surface area contributed by atoms with Gasteiger partial charge in [-0.3, -0.25) is 0 Å². The average Bonchev–Trinajstić information content (AvgIpc) is 3.80. The Balaban J connectivity index is 0.982. The fraction of sp³-hybridized carbons (Fsp3) is 0. The summed E-state index contributed by atoms with van der Waals surface area (Å²) in [5.41, 5.74) is 11.4. The first kappa shape index (κ1) is 29.6. The topological polar surface area (TPSA) is 29.5 Å². The SMILES string of the molecule is c1ccc(N(c2ccc(-c3ccc4oc5ccccc5c4c3)cc2)c2ccc(-c3cccc4c3oc3c4ccc4ccc5ccccc5c43)cc2)cc1. The fourth-order valence-corrected chi connectivity index (χ4v) is 8.09. The molecule has 53 heavy (non-hydrogen) atoms. The van der Waals surface area contributed by atoms with Gasteiger partial charge >= 0.3 is 0 Å². The molecule has 0 aliphatic carbocycles. The second-order valence-electron chi connectivity index (χ2n) is 13.7. The van der Waals surface area contributed by atoms with Gasteiger partial charge in [0.25, 0.3) is 0 Å². The zero-order chi connectivity index (χ0) is 34.9. The van der Waals surface area contributed by atoms with Gasteiger partial charge in [-0.2, -0.15) is 0 Å². The van der Waals surface area contributed by atoms with Crippen molar-refractivity contribution in [2.24, 2.45) is 0 Å². The number of benzene rings is 9. The average molecular weight is 678 g/mol. The van der Waals surface area contributed by atoms with Crippen LogP contribution in [-0.4, -0.2) is 0 Å². The van der Waals surface area contributed by atoms with Gasteiger partial charge in [0.2, 0.25) is 0 Å². The number of nitrogens with zero attached hydrogens (tertiary/aromatic N) is 1. The van der Waals surface area contributed by atoms with Crippen LogP contribution in [0.15, 0.2) is 197 Å². The van der Waals surface area contributed by atoms with Crippen molar-refractivity contribution >= 4 is 82.5 Å².